The van der Waals surface area contributed by atoms with Gasteiger partial charge in [-0.1, -0.05) is 42.0 Å². The summed E-state index contributed by atoms with van der Waals surface area (Å²) in [4.78, 5) is 22.5. The normalized spacial score (nSPS) is 11.8. The number of rotatable bonds is 8. The van der Waals surface area contributed by atoms with Crippen molar-refractivity contribution in [1.29, 1.82) is 0 Å². The average molecular weight is 445 g/mol. The predicted molar refractivity (Wildman–Crippen MR) is 132 cm³/mol. The minimum absolute atomic E-state index is 0.157. The highest BCUT2D eigenvalue weighted by Crippen LogP contribution is 2.27. The number of carbonyl (C=O) groups excluding carboxylic acids is 1. The molecule has 0 bridgehead atoms. The first-order valence-corrected chi connectivity index (χ1v) is 11.0. The third kappa shape index (κ3) is 5.01. The van der Waals surface area contributed by atoms with Gasteiger partial charge < -0.3 is 15.8 Å². The van der Waals surface area contributed by atoms with Crippen molar-refractivity contribution in [3.8, 4) is 0 Å². The monoisotopic (exact) mass is 444 g/mol. The second-order valence-electron chi connectivity index (χ2n) is 8.14. The van der Waals surface area contributed by atoms with Crippen LogP contribution in [0.4, 0.5) is 5.82 Å². The molecule has 8 heteroatoms. The van der Waals surface area contributed by atoms with Gasteiger partial charge in [-0.25, -0.2) is 9.97 Å². The number of para-hydroxylation sites is 2. The second kappa shape index (κ2) is 9.79. The number of carbonyl (C=O) groups is 1. The van der Waals surface area contributed by atoms with Crippen LogP contribution in [0, 0.1) is 6.92 Å². The largest absolute Gasteiger partial charge is 0.383 e. The molecule has 8 nitrogen and oxygen atoms in total. The third-order valence-corrected chi connectivity index (χ3v) is 5.16. The Bertz CT molecular complexity index is 1310. The first kappa shape index (κ1) is 22.4. The van der Waals surface area contributed by atoms with E-state index in [0.717, 1.165) is 11.1 Å². The summed E-state index contributed by atoms with van der Waals surface area (Å²) in [6.07, 6.45) is 2.55. The van der Waals surface area contributed by atoms with E-state index in [9.17, 15) is 4.79 Å². The Balaban J connectivity index is 1.71. The summed E-state index contributed by atoms with van der Waals surface area (Å²) >= 11 is 0. The van der Waals surface area contributed by atoms with Crippen LogP contribution in [0.25, 0.3) is 22.2 Å². The average Bonchev–Trinajstić information content (AvgIpc) is 3.06. The lowest BCUT2D eigenvalue weighted by Crippen LogP contribution is -2.26. The molecule has 0 aliphatic heterocycles. The van der Waals surface area contributed by atoms with Gasteiger partial charge >= 0.3 is 0 Å². The summed E-state index contributed by atoms with van der Waals surface area (Å²) in [5.41, 5.74) is 11.0. The zero-order valence-electron chi connectivity index (χ0n) is 19.1. The molecule has 3 N–H and O–H groups in total. The molecule has 4 rings (SSSR count). The Morgan fingerprint density at radius 1 is 1.15 bits per heavy atom. The minimum atomic E-state index is -0.309. The first-order chi connectivity index (χ1) is 15.9. The van der Waals surface area contributed by atoms with Gasteiger partial charge in [-0.05, 0) is 44.9 Å². The van der Waals surface area contributed by atoms with Crippen LogP contribution in [0.15, 0.2) is 53.6 Å². The van der Waals surface area contributed by atoms with Crippen LogP contribution >= 0.6 is 0 Å². The van der Waals surface area contributed by atoms with Crippen molar-refractivity contribution in [2.45, 2.75) is 33.3 Å². The van der Waals surface area contributed by atoms with Crippen molar-refractivity contribution >= 4 is 40.1 Å². The van der Waals surface area contributed by atoms with Gasteiger partial charge in [0.2, 0.25) is 0 Å². The lowest BCUT2D eigenvalue weighted by Gasteiger charge is -2.08. The van der Waals surface area contributed by atoms with Crippen LogP contribution in [0.3, 0.4) is 0 Å². The van der Waals surface area contributed by atoms with Gasteiger partial charge in [0.15, 0.2) is 5.65 Å². The molecule has 0 unspecified atom stereocenters. The molecule has 33 heavy (non-hydrogen) atoms. The maximum absolute atomic E-state index is 13.1. The number of hydrogen-bond acceptors (Lipinski definition) is 6. The van der Waals surface area contributed by atoms with Crippen LogP contribution in [-0.2, 0) is 4.74 Å². The topological polar surface area (TPSA) is 107 Å². The second-order valence-corrected chi connectivity index (χ2v) is 8.14. The molecule has 0 spiro atoms. The molecule has 2 heterocycles. The van der Waals surface area contributed by atoms with Crippen molar-refractivity contribution in [3.63, 3.8) is 0 Å². The number of fused-ring (bicyclic) bond motifs is 2. The number of nitrogen functional groups attached to an aromatic ring is 1. The summed E-state index contributed by atoms with van der Waals surface area (Å²) in [6.45, 7) is 7.02. The van der Waals surface area contributed by atoms with Gasteiger partial charge in [-0.3, -0.25) is 4.79 Å². The molecule has 2 aromatic heterocycles. The fraction of sp³-hybridized carbons (Fsp3) is 0.280. The number of nitrogens with one attached hydrogen (secondary N) is 1. The first-order valence-electron chi connectivity index (χ1n) is 11.0. The number of nitrogens with zero attached hydrogens (tertiary/aromatic N) is 4. The standard InChI is InChI=1S/C25H28N6O2/c1-16(2)33-14-6-13-27-25(32)21-22-24(30-20-8-5-4-7-19(20)29-22)31(23(21)26)28-15-18-11-9-17(3)10-12-18/h4-5,7-12,15-16H,6,13-14,26H2,1-3H3,(H,27,32). The van der Waals surface area contributed by atoms with Gasteiger partial charge in [-0.2, -0.15) is 9.78 Å². The number of amides is 1. The molecule has 0 aliphatic carbocycles. The molecule has 170 valence electrons. The van der Waals surface area contributed by atoms with Crippen LogP contribution in [0.1, 0.15) is 41.8 Å². The lowest BCUT2D eigenvalue weighted by atomic mass is 10.2. The van der Waals surface area contributed by atoms with E-state index in [0.29, 0.717) is 41.8 Å². The van der Waals surface area contributed by atoms with E-state index in [2.05, 4.69) is 10.4 Å². The molecule has 0 aliphatic rings. The molecule has 0 fully saturated rings. The Morgan fingerprint density at radius 3 is 2.55 bits per heavy atom. The number of nitrogens with two attached hydrogens (primary N) is 1. The van der Waals surface area contributed by atoms with Crippen LogP contribution in [0.5, 0.6) is 0 Å². The van der Waals surface area contributed by atoms with E-state index in [1.54, 1.807) is 6.21 Å². The number of anilines is 1. The molecule has 0 saturated carbocycles. The van der Waals surface area contributed by atoms with E-state index < -0.39 is 0 Å². The fourth-order valence-corrected chi connectivity index (χ4v) is 3.45. The van der Waals surface area contributed by atoms with Crippen molar-refractivity contribution in [3.05, 3.63) is 65.2 Å². The highest BCUT2D eigenvalue weighted by Gasteiger charge is 2.23. The molecule has 0 radical (unpaired) electrons. The summed E-state index contributed by atoms with van der Waals surface area (Å²) in [5.74, 6) is -0.115. The van der Waals surface area contributed by atoms with Gasteiger partial charge in [0.25, 0.3) is 5.91 Å². The summed E-state index contributed by atoms with van der Waals surface area (Å²) < 4.78 is 7.01. The summed E-state index contributed by atoms with van der Waals surface area (Å²) in [5, 5.41) is 7.45. The van der Waals surface area contributed by atoms with E-state index >= 15 is 0 Å². The van der Waals surface area contributed by atoms with E-state index in [4.69, 9.17) is 20.4 Å². The van der Waals surface area contributed by atoms with Crippen molar-refractivity contribution in [1.82, 2.24) is 20.0 Å². The van der Waals surface area contributed by atoms with Gasteiger partial charge in [-0.15, -0.1) is 0 Å². The molecule has 2 aromatic carbocycles. The zero-order chi connectivity index (χ0) is 23.4. The van der Waals surface area contributed by atoms with Crippen LogP contribution in [-0.4, -0.2) is 46.0 Å². The number of hydrogen-bond donors (Lipinski definition) is 2. The van der Waals surface area contributed by atoms with Crippen LogP contribution in [0.2, 0.25) is 0 Å². The zero-order valence-corrected chi connectivity index (χ0v) is 19.1. The van der Waals surface area contributed by atoms with Crippen molar-refractivity contribution in [2.24, 2.45) is 5.10 Å². The summed E-state index contributed by atoms with van der Waals surface area (Å²) in [6, 6.07) is 15.4. The SMILES string of the molecule is Cc1ccc(C=Nn2c(N)c(C(=O)NCCCOC(C)C)c3nc4ccccc4nc32)cc1. The number of benzene rings is 2. The molecular formula is C25H28N6O2. The van der Waals surface area contributed by atoms with E-state index in [1.807, 2.05) is 69.3 Å². The Morgan fingerprint density at radius 2 is 1.85 bits per heavy atom. The Kier molecular flexibility index (Phi) is 6.65. The molecule has 0 saturated heterocycles. The fourth-order valence-electron chi connectivity index (χ4n) is 3.45. The van der Waals surface area contributed by atoms with Gasteiger partial charge in [0.05, 0.1) is 23.4 Å². The Hall–Kier alpha value is -3.78. The maximum atomic E-state index is 13.1. The van der Waals surface area contributed by atoms with Crippen LogP contribution < -0.4 is 11.1 Å². The minimum Gasteiger partial charge on any atom is -0.383 e. The molecule has 0 atom stereocenters. The smallest absolute Gasteiger partial charge is 0.257 e. The van der Waals surface area contributed by atoms with Gasteiger partial charge in [0, 0.05) is 13.2 Å². The number of aromatic nitrogens is 3. The lowest BCUT2D eigenvalue weighted by molar-refractivity contribution is 0.0757. The highest BCUT2D eigenvalue weighted by atomic mass is 16.5. The summed E-state index contributed by atoms with van der Waals surface area (Å²) in [7, 11) is 0. The molecule has 1 amide bonds. The van der Waals surface area contributed by atoms with E-state index in [1.165, 1.54) is 4.68 Å². The quantitative estimate of drug-likeness (QED) is 0.317. The van der Waals surface area contributed by atoms with Gasteiger partial charge in [0.1, 0.15) is 16.9 Å². The molecular weight excluding hydrogens is 416 g/mol. The number of aryl methyl sites for hydroxylation is 1. The van der Waals surface area contributed by atoms with E-state index in [-0.39, 0.29) is 23.4 Å². The Labute approximate surface area is 192 Å². The predicted octanol–water partition coefficient (Wildman–Crippen LogP) is 3.90. The third-order valence-electron chi connectivity index (χ3n) is 5.16. The highest BCUT2D eigenvalue weighted by molar-refractivity contribution is 6.10. The van der Waals surface area contributed by atoms with Crippen molar-refractivity contribution in [2.75, 3.05) is 18.9 Å². The molecule has 4 aromatic rings. The van der Waals surface area contributed by atoms with Crippen molar-refractivity contribution < 1.29 is 9.53 Å². The maximum Gasteiger partial charge on any atom is 0.257 e. The number of ether oxygens (including phenoxy) is 1.